The second-order valence-corrected chi connectivity index (χ2v) is 10.6. The Morgan fingerprint density at radius 3 is 2.53 bits per heavy atom. The fourth-order valence-corrected chi connectivity index (χ4v) is 5.64. The van der Waals surface area contributed by atoms with Gasteiger partial charge in [0.1, 0.15) is 5.75 Å². The van der Waals surface area contributed by atoms with Crippen LogP contribution in [0.15, 0.2) is 30.3 Å². The van der Waals surface area contributed by atoms with Crippen molar-refractivity contribution in [3.8, 4) is 5.75 Å². The highest BCUT2D eigenvalue weighted by Crippen LogP contribution is 2.49. The fourth-order valence-electron chi connectivity index (χ4n) is 5.22. The van der Waals surface area contributed by atoms with E-state index in [2.05, 4.69) is 51.0 Å². The summed E-state index contributed by atoms with van der Waals surface area (Å²) in [6.45, 7) is 9.13. The molecule has 3 atom stereocenters. The molecule has 30 heavy (non-hydrogen) atoms. The maximum Gasteiger partial charge on any atom is 0.276 e. The van der Waals surface area contributed by atoms with Crippen LogP contribution in [0.1, 0.15) is 79.1 Å². The van der Waals surface area contributed by atoms with Crippen LogP contribution in [0, 0.1) is 10.8 Å². The van der Waals surface area contributed by atoms with Crippen LogP contribution in [0.25, 0.3) is 0 Å². The smallest absolute Gasteiger partial charge is 0.276 e. The van der Waals surface area contributed by atoms with Gasteiger partial charge in [-0.15, -0.1) is 0 Å². The van der Waals surface area contributed by atoms with E-state index in [1.54, 1.807) is 0 Å². The molecular formula is C24H38N2O2S2. The van der Waals surface area contributed by atoms with Crippen LogP contribution in [0.2, 0.25) is 0 Å². The van der Waals surface area contributed by atoms with Crippen molar-refractivity contribution in [1.29, 1.82) is 0 Å². The molecule has 2 N–H and O–H groups in total. The Kier molecular flexibility index (Phi) is 9.48. The molecule has 6 heteroatoms. The van der Waals surface area contributed by atoms with E-state index in [-0.39, 0.29) is 28.2 Å². The minimum atomic E-state index is -0.254. The third kappa shape index (κ3) is 8.10. The number of amides is 1. The molecule has 168 valence electrons. The van der Waals surface area contributed by atoms with Gasteiger partial charge in [-0.25, -0.2) is 0 Å². The Bertz CT molecular complexity index is 696. The maximum absolute atomic E-state index is 11.6. The quantitative estimate of drug-likeness (QED) is 0.228. The van der Waals surface area contributed by atoms with E-state index in [0.29, 0.717) is 5.17 Å². The van der Waals surface area contributed by atoms with Crippen molar-refractivity contribution in [2.75, 3.05) is 0 Å². The number of rotatable bonds is 9. The van der Waals surface area contributed by atoms with E-state index in [1.807, 2.05) is 30.3 Å². The van der Waals surface area contributed by atoms with Crippen LogP contribution in [0.3, 0.4) is 0 Å². The first-order valence-corrected chi connectivity index (χ1v) is 12.0. The number of para-hydroxylation sites is 1. The van der Waals surface area contributed by atoms with Crippen molar-refractivity contribution in [3.63, 3.8) is 0 Å². The molecule has 2 rings (SSSR count). The molecule has 0 spiro atoms. The van der Waals surface area contributed by atoms with Crippen molar-refractivity contribution >= 4 is 35.3 Å². The highest BCUT2D eigenvalue weighted by atomic mass is 32.1. The summed E-state index contributed by atoms with van der Waals surface area (Å²) in [5.41, 5.74) is 0.109. The Hall–Kier alpha value is -1.27. The Labute approximate surface area is 193 Å². The number of hydrogen-bond donors (Lipinski definition) is 3. The topological polar surface area (TPSA) is 50.4 Å². The summed E-state index contributed by atoms with van der Waals surface area (Å²) in [6.07, 6.45) is 8.80. The van der Waals surface area contributed by atoms with Crippen LogP contribution < -0.4 is 15.4 Å². The minimum absolute atomic E-state index is 0.0149. The van der Waals surface area contributed by atoms with Gasteiger partial charge in [0.25, 0.3) is 10.4 Å². The molecule has 0 saturated heterocycles. The molecule has 1 aliphatic carbocycles. The zero-order valence-corrected chi connectivity index (χ0v) is 20.6. The molecule has 0 heterocycles. The fraction of sp³-hybridized carbons (Fsp3) is 0.667. The number of nitrogens with one attached hydrogen (secondary N) is 2. The van der Waals surface area contributed by atoms with E-state index in [4.69, 9.17) is 17.0 Å². The number of benzene rings is 1. The summed E-state index contributed by atoms with van der Waals surface area (Å²) >= 11 is 9.53. The Morgan fingerprint density at radius 2 is 1.90 bits per heavy atom. The molecule has 0 aromatic heterocycles. The third-order valence-corrected chi connectivity index (χ3v) is 6.49. The van der Waals surface area contributed by atoms with Gasteiger partial charge >= 0.3 is 0 Å². The first kappa shape index (κ1) is 25.0. The van der Waals surface area contributed by atoms with Crippen molar-refractivity contribution in [1.82, 2.24) is 10.6 Å². The highest BCUT2D eigenvalue weighted by Gasteiger charge is 2.46. The summed E-state index contributed by atoms with van der Waals surface area (Å²) in [4.78, 5) is 11.6. The Morgan fingerprint density at radius 1 is 1.20 bits per heavy atom. The number of thiol groups is 1. The number of ether oxygens (including phenoxy) is 1. The molecule has 1 amide bonds. The third-order valence-electron chi connectivity index (χ3n) is 6.16. The lowest BCUT2D eigenvalue weighted by molar-refractivity contribution is 0.0436. The van der Waals surface area contributed by atoms with Crippen molar-refractivity contribution < 1.29 is 9.53 Å². The van der Waals surface area contributed by atoms with Gasteiger partial charge in [-0.2, -0.15) is 0 Å². The molecule has 1 saturated carbocycles. The molecule has 0 aliphatic heterocycles. The van der Waals surface area contributed by atoms with Gasteiger partial charge in [0, 0.05) is 12.1 Å². The second kappa shape index (κ2) is 11.4. The van der Waals surface area contributed by atoms with Crippen LogP contribution >= 0.6 is 24.8 Å². The largest absolute Gasteiger partial charge is 0.432 e. The number of carbonyl (C=O) groups is 1. The van der Waals surface area contributed by atoms with Crippen LogP contribution in [0.4, 0.5) is 4.79 Å². The van der Waals surface area contributed by atoms with Gasteiger partial charge in [0.05, 0.1) is 0 Å². The molecule has 1 aromatic rings. The average molecular weight is 451 g/mol. The molecular weight excluding hydrogens is 412 g/mol. The lowest BCUT2D eigenvalue weighted by Crippen LogP contribution is -2.55. The zero-order valence-electron chi connectivity index (χ0n) is 18.9. The summed E-state index contributed by atoms with van der Waals surface area (Å²) in [5, 5.41) is 6.76. The number of hydrogen-bond acceptors (Lipinski definition) is 3. The van der Waals surface area contributed by atoms with Gasteiger partial charge in [-0.05, 0) is 60.9 Å². The van der Waals surface area contributed by atoms with E-state index >= 15 is 0 Å². The first-order valence-electron chi connectivity index (χ1n) is 11.2. The van der Waals surface area contributed by atoms with Gasteiger partial charge in [0.15, 0.2) is 0 Å². The summed E-state index contributed by atoms with van der Waals surface area (Å²) in [7, 11) is 0. The second-order valence-electron chi connectivity index (χ2n) is 9.80. The summed E-state index contributed by atoms with van der Waals surface area (Å²) < 4.78 is 5.89. The molecule has 3 unspecified atom stereocenters. The van der Waals surface area contributed by atoms with Gasteiger partial charge < -0.3 is 15.4 Å². The molecule has 0 bridgehead atoms. The van der Waals surface area contributed by atoms with Crippen LogP contribution in [0.5, 0.6) is 5.75 Å². The number of unbranched alkanes of at least 4 members (excludes halogenated alkanes) is 3. The zero-order chi connectivity index (χ0) is 22.2. The normalized spacial score (nSPS) is 24.0. The molecule has 1 aromatic carbocycles. The van der Waals surface area contributed by atoms with Crippen molar-refractivity contribution in [2.24, 2.45) is 10.8 Å². The van der Waals surface area contributed by atoms with Gasteiger partial charge in [0.2, 0.25) is 0 Å². The standard InChI is InChI=1S/C24H38N2O2S2/c1-5-6-7-11-14-20(26-22(30)28-19-12-9-8-10-13-19)24(4)16-18(25-21(27)29)15-23(2,3)17-24/h8-10,12-13,18,20H,5-7,11,14-17H2,1-4H3,(H,26,30)(H2,25,27,29). The van der Waals surface area contributed by atoms with E-state index in [1.165, 1.54) is 19.3 Å². The molecule has 1 fully saturated rings. The van der Waals surface area contributed by atoms with Crippen LogP contribution in [-0.4, -0.2) is 22.5 Å². The van der Waals surface area contributed by atoms with Crippen molar-refractivity contribution in [2.45, 2.75) is 91.1 Å². The summed E-state index contributed by atoms with van der Waals surface area (Å²) in [6, 6.07) is 9.96. The number of carbonyl (C=O) groups excluding carboxylic acids is 1. The summed E-state index contributed by atoms with van der Waals surface area (Å²) in [5.74, 6) is 0.745. The molecule has 4 nitrogen and oxygen atoms in total. The lowest BCUT2D eigenvalue weighted by Gasteiger charge is -2.50. The van der Waals surface area contributed by atoms with E-state index < -0.39 is 0 Å². The highest BCUT2D eigenvalue weighted by molar-refractivity contribution is 7.96. The number of thiocarbonyl (C=S) groups is 1. The predicted molar refractivity (Wildman–Crippen MR) is 132 cm³/mol. The molecule has 1 aliphatic rings. The maximum atomic E-state index is 11.6. The van der Waals surface area contributed by atoms with Gasteiger partial charge in [-0.1, -0.05) is 84.2 Å². The van der Waals surface area contributed by atoms with Crippen LogP contribution in [-0.2, 0) is 0 Å². The minimum Gasteiger partial charge on any atom is -0.432 e. The van der Waals surface area contributed by atoms with E-state index in [9.17, 15) is 4.79 Å². The SMILES string of the molecule is CCCCCCC(NC(=S)Oc1ccccc1)C1(C)CC(NC(=O)S)CC(C)(C)C1. The molecule has 0 radical (unpaired) electrons. The Balaban J connectivity index is 2.15. The predicted octanol–water partition coefficient (Wildman–Crippen LogP) is 6.50. The monoisotopic (exact) mass is 450 g/mol. The van der Waals surface area contributed by atoms with Crippen molar-refractivity contribution in [3.05, 3.63) is 30.3 Å². The lowest BCUT2D eigenvalue weighted by atomic mass is 9.59. The van der Waals surface area contributed by atoms with E-state index in [0.717, 1.165) is 37.9 Å². The average Bonchev–Trinajstić information content (AvgIpc) is 2.62. The first-order chi connectivity index (χ1) is 14.1. The van der Waals surface area contributed by atoms with Gasteiger partial charge in [-0.3, -0.25) is 4.79 Å².